The normalized spacial score (nSPS) is 15.5. The first-order valence-corrected chi connectivity index (χ1v) is 9.62. The summed E-state index contributed by atoms with van der Waals surface area (Å²) in [6.07, 6.45) is 4.14. The molecule has 138 valence electrons. The number of amides is 2. The molecule has 1 heterocycles. The second-order valence-electron chi connectivity index (χ2n) is 7.44. The summed E-state index contributed by atoms with van der Waals surface area (Å²) in [4.78, 5) is 26.8. The third kappa shape index (κ3) is 5.07. The molecule has 0 radical (unpaired) electrons. The van der Waals surface area contributed by atoms with Crippen molar-refractivity contribution in [3.63, 3.8) is 0 Å². The van der Waals surface area contributed by atoms with Crippen molar-refractivity contribution >= 4 is 17.5 Å². The molecular weight excluding hydrogens is 312 g/mol. The van der Waals surface area contributed by atoms with Crippen molar-refractivity contribution in [3.05, 3.63) is 29.3 Å². The molecule has 0 aliphatic carbocycles. The molecule has 2 rings (SSSR count). The van der Waals surface area contributed by atoms with Crippen molar-refractivity contribution < 1.29 is 9.59 Å². The van der Waals surface area contributed by atoms with Crippen LogP contribution in [-0.2, 0) is 9.59 Å². The fourth-order valence-corrected chi connectivity index (χ4v) is 3.44. The van der Waals surface area contributed by atoms with E-state index in [0.29, 0.717) is 25.4 Å². The number of anilines is 1. The molecule has 0 aromatic heterocycles. The summed E-state index contributed by atoms with van der Waals surface area (Å²) in [7, 11) is 0. The van der Waals surface area contributed by atoms with Crippen LogP contribution in [0.1, 0.15) is 69.9 Å². The largest absolute Gasteiger partial charge is 0.343 e. The van der Waals surface area contributed by atoms with E-state index in [1.165, 1.54) is 5.56 Å². The molecule has 0 atom stereocenters. The molecule has 4 nitrogen and oxygen atoms in total. The Kier molecular flexibility index (Phi) is 7.03. The molecule has 2 amide bonds. The molecule has 1 saturated heterocycles. The maximum atomic E-state index is 12.7. The number of para-hydroxylation sites is 1. The van der Waals surface area contributed by atoms with Gasteiger partial charge >= 0.3 is 0 Å². The first-order valence-electron chi connectivity index (χ1n) is 9.62. The number of aryl methyl sites for hydroxylation is 1. The quantitative estimate of drug-likeness (QED) is 0.827. The molecule has 4 heteroatoms. The van der Waals surface area contributed by atoms with Crippen molar-refractivity contribution in [2.45, 2.75) is 65.7 Å². The zero-order chi connectivity index (χ0) is 18.4. The average Bonchev–Trinajstić information content (AvgIpc) is 2.61. The van der Waals surface area contributed by atoms with E-state index in [4.69, 9.17) is 0 Å². The predicted molar refractivity (Wildman–Crippen MR) is 103 cm³/mol. The first kappa shape index (κ1) is 19.5. The molecule has 0 unspecified atom stereocenters. The number of piperidine rings is 1. The second-order valence-corrected chi connectivity index (χ2v) is 7.44. The van der Waals surface area contributed by atoms with E-state index in [1.807, 2.05) is 24.0 Å². The predicted octanol–water partition coefficient (Wildman–Crippen LogP) is 4.49. The fourth-order valence-electron chi connectivity index (χ4n) is 3.44. The van der Waals surface area contributed by atoms with Crippen molar-refractivity contribution in [1.29, 1.82) is 0 Å². The van der Waals surface area contributed by atoms with E-state index in [-0.39, 0.29) is 17.7 Å². The van der Waals surface area contributed by atoms with Gasteiger partial charge in [-0.15, -0.1) is 0 Å². The van der Waals surface area contributed by atoms with Gasteiger partial charge in [0.25, 0.3) is 0 Å². The Bertz CT molecular complexity index is 602. The number of carbonyl (C=O) groups is 2. The van der Waals surface area contributed by atoms with Gasteiger partial charge in [0, 0.05) is 31.1 Å². The fraction of sp³-hybridized carbons (Fsp3) is 0.619. The van der Waals surface area contributed by atoms with Crippen LogP contribution in [0.15, 0.2) is 18.2 Å². The highest BCUT2D eigenvalue weighted by Gasteiger charge is 2.27. The van der Waals surface area contributed by atoms with Crippen molar-refractivity contribution in [2.24, 2.45) is 5.92 Å². The Morgan fingerprint density at radius 3 is 2.52 bits per heavy atom. The summed E-state index contributed by atoms with van der Waals surface area (Å²) < 4.78 is 0. The molecule has 1 aliphatic rings. The van der Waals surface area contributed by atoms with Gasteiger partial charge < -0.3 is 10.2 Å². The molecule has 1 aliphatic heterocycles. The minimum Gasteiger partial charge on any atom is -0.343 e. The second kappa shape index (κ2) is 9.02. The summed E-state index contributed by atoms with van der Waals surface area (Å²) in [6.45, 7) is 9.82. The van der Waals surface area contributed by atoms with Crippen LogP contribution in [0, 0.1) is 12.8 Å². The third-order valence-corrected chi connectivity index (χ3v) is 5.14. The lowest BCUT2D eigenvalue weighted by Crippen LogP contribution is -2.41. The zero-order valence-corrected chi connectivity index (χ0v) is 16.1. The van der Waals surface area contributed by atoms with E-state index >= 15 is 0 Å². The Hall–Kier alpha value is -1.84. The summed E-state index contributed by atoms with van der Waals surface area (Å²) in [5.41, 5.74) is 3.25. The summed E-state index contributed by atoms with van der Waals surface area (Å²) in [6, 6.07) is 6.17. The highest BCUT2D eigenvalue weighted by atomic mass is 16.2. The van der Waals surface area contributed by atoms with Gasteiger partial charge in [-0.05, 0) is 43.2 Å². The van der Waals surface area contributed by atoms with Crippen LogP contribution in [0.5, 0.6) is 0 Å². The standard InChI is InChI=1S/C21H32N2O2/c1-5-6-10-19(24)23-13-11-17(12-14-23)21(25)22-20-16(4)8-7-9-18(20)15(2)3/h7-9,15,17H,5-6,10-14H2,1-4H3,(H,22,25). The van der Waals surface area contributed by atoms with E-state index in [1.54, 1.807) is 0 Å². The molecule has 1 fully saturated rings. The smallest absolute Gasteiger partial charge is 0.227 e. The zero-order valence-electron chi connectivity index (χ0n) is 16.1. The summed E-state index contributed by atoms with van der Waals surface area (Å²) in [5.74, 6) is 0.696. The van der Waals surface area contributed by atoms with Gasteiger partial charge in [0.15, 0.2) is 0 Å². The molecule has 1 aromatic rings. The van der Waals surface area contributed by atoms with Crippen molar-refractivity contribution in [1.82, 2.24) is 4.90 Å². The third-order valence-electron chi connectivity index (χ3n) is 5.14. The van der Waals surface area contributed by atoms with Crippen LogP contribution < -0.4 is 5.32 Å². The van der Waals surface area contributed by atoms with Crippen molar-refractivity contribution in [3.8, 4) is 0 Å². The van der Waals surface area contributed by atoms with Gasteiger partial charge in [-0.1, -0.05) is 45.4 Å². The Labute approximate surface area is 152 Å². The molecule has 1 aromatic carbocycles. The Morgan fingerprint density at radius 2 is 1.92 bits per heavy atom. The maximum Gasteiger partial charge on any atom is 0.227 e. The van der Waals surface area contributed by atoms with Crippen LogP contribution in [0.25, 0.3) is 0 Å². The molecule has 1 N–H and O–H groups in total. The highest BCUT2D eigenvalue weighted by molar-refractivity contribution is 5.94. The Morgan fingerprint density at radius 1 is 1.24 bits per heavy atom. The van der Waals surface area contributed by atoms with Gasteiger partial charge in [0.1, 0.15) is 0 Å². The first-order chi connectivity index (χ1) is 11.9. The van der Waals surface area contributed by atoms with Crippen molar-refractivity contribution in [2.75, 3.05) is 18.4 Å². The molecule has 0 bridgehead atoms. The number of nitrogens with zero attached hydrogens (tertiary/aromatic N) is 1. The minimum absolute atomic E-state index is 0.00477. The van der Waals surface area contributed by atoms with Gasteiger partial charge in [0.05, 0.1) is 0 Å². The summed E-state index contributed by atoms with van der Waals surface area (Å²) >= 11 is 0. The number of carbonyl (C=O) groups excluding carboxylic acids is 2. The van der Waals surface area contributed by atoms with E-state index < -0.39 is 0 Å². The maximum absolute atomic E-state index is 12.7. The molecule has 0 spiro atoms. The average molecular weight is 344 g/mol. The van der Waals surface area contributed by atoms with Gasteiger partial charge in [-0.3, -0.25) is 9.59 Å². The lowest BCUT2D eigenvalue weighted by Gasteiger charge is -2.31. The number of hydrogen-bond acceptors (Lipinski definition) is 2. The summed E-state index contributed by atoms with van der Waals surface area (Å²) in [5, 5.41) is 3.17. The van der Waals surface area contributed by atoms with Crippen LogP contribution in [0.2, 0.25) is 0 Å². The van der Waals surface area contributed by atoms with E-state index in [0.717, 1.165) is 36.9 Å². The van der Waals surface area contributed by atoms with E-state index in [2.05, 4.69) is 32.2 Å². The van der Waals surface area contributed by atoms with Gasteiger partial charge in [-0.25, -0.2) is 0 Å². The van der Waals surface area contributed by atoms with Gasteiger partial charge in [-0.2, -0.15) is 0 Å². The number of likely N-dealkylation sites (tertiary alicyclic amines) is 1. The van der Waals surface area contributed by atoms with E-state index in [9.17, 15) is 9.59 Å². The lowest BCUT2D eigenvalue weighted by molar-refractivity contribution is -0.134. The highest BCUT2D eigenvalue weighted by Crippen LogP contribution is 2.29. The number of rotatable bonds is 6. The SMILES string of the molecule is CCCCC(=O)N1CCC(C(=O)Nc2c(C)cccc2C(C)C)CC1. The van der Waals surface area contributed by atoms with Crippen LogP contribution in [0.3, 0.4) is 0 Å². The molecular formula is C21H32N2O2. The minimum atomic E-state index is -0.00477. The number of nitrogens with one attached hydrogen (secondary N) is 1. The number of unbranched alkanes of at least 4 members (excludes halogenated alkanes) is 1. The molecule has 25 heavy (non-hydrogen) atoms. The van der Waals surface area contributed by atoms with Gasteiger partial charge in [0.2, 0.25) is 11.8 Å². The Balaban J connectivity index is 1.95. The van der Waals surface area contributed by atoms with Crippen LogP contribution in [0.4, 0.5) is 5.69 Å². The molecule has 0 saturated carbocycles. The number of benzene rings is 1. The van der Waals surface area contributed by atoms with Crippen LogP contribution in [-0.4, -0.2) is 29.8 Å². The number of hydrogen-bond donors (Lipinski definition) is 1. The topological polar surface area (TPSA) is 49.4 Å². The monoisotopic (exact) mass is 344 g/mol. The van der Waals surface area contributed by atoms with Crippen LogP contribution >= 0.6 is 0 Å². The lowest BCUT2D eigenvalue weighted by atomic mass is 9.94.